The molecule has 1 aromatic heterocycles. The molecule has 0 saturated carbocycles. The first-order valence-electron chi connectivity index (χ1n) is 4.83. The molecule has 2 aromatic rings. The van der Waals surface area contributed by atoms with E-state index in [-0.39, 0.29) is 0 Å². The van der Waals surface area contributed by atoms with E-state index in [1.807, 2.05) is 25.1 Å². The molecule has 1 aromatic carbocycles. The lowest BCUT2D eigenvalue weighted by atomic mass is 10.1. The maximum absolute atomic E-state index is 5.74. The van der Waals surface area contributed by atoms with E-state index in [4.69, 9.17) is 10.3 Å². The Labute approximate surface area is 110 Å². The van der Waals surface area contributed by atoms with Crippen molar-refractivity contribution in [2.45, 2.75) is 13.3 Å². The summed E-state index contributed by atoms with van der Waals surface area (Å²) in [6, 6.07) is 5.89. The lowest BCUT2D eigenvalue weighted by Gasteiger charge is -2.03. The number of halogens is 2. The van der Waals surface area contributed by atoms with E-state index in [9.17, 15) is 0 Å². The van der Waals surface area contributed by atoms with Crippen LogP contribution in [0.2, 0.25) is 0 Å². The summed E-state index contributed by atoms with van der Waals surface area (Å²) in [6.07, 6.45) is 0.799. The molecule has 1 heterocycles. The molecule has 0 aliphatic carbocycles. The van der Waals surface area contributed by atoms with E-state index in [1.165, 1.54) is 0 Å². The molecule has 0 aliphatic rings. The number of nitrogen functional groups attached to an aromatic ring is 1. The smallest absolute Gasteiger partial charge is 0.173 e. The Bertz CT molecular complexity index is 523. The number of rotatable bonds is 2. The molecule has 0 radical (unpaired) electrons. The molecule has 0 unspecified atom stereocenters. The molecule has 3 nitrogen and oxygen atoms in total. The molecule has 0 fully saturated rings. The molecule has 0 saturated heterocycles. The first-order chi connectivity index (χ1) is 7.63. The highest BCUT2D eigenvalue weighted by Gasteiger charge is 2.16. The van der Waals surface area contributed by atoms with Crippen LogP contribution in [0.25, 0.3) is 11.3 Å². The maximum Gasteiger partial charge on any atom is 0.173 e. The first-order valence-corrected chi connectivity index (χ1v) is 6.41. The van der Waals surface area contributed by atoms with Gasteiger partial charge in [-0.15, -0.1) is 0 Å². The fourth-order valence-electron chi connectivity index (χ4n) is 1.55. The summed E-state index contributed by atoms with van der Waals surface area (Å²) < 4.78 is 7.23. The maximum atomic E-state index is 5.74. The highest BCUT2D eigenvalue weighted by atomic mass is 79.9. The SMILES string of the molecule is CCc1c(N)noc1-c1ccc(Br)cc1Br. The van der Waals surface area contributed by atoms with Crippen molar-refractivity contribution in [1.82, 2.24) is 5.16 Å². The average molecular weight is 346 g/mol. The molecule has 0 aliphatic heterocycles. The molecule has 16 heavy (non-hydrogen) atoms. The van der Waals surface area contributed by atoms with Gasteiger partial charge in [0, 0.05) is 20.1 Å². The molecule has 5 heteroatoms. The number of anilines is 1. The van der Waals surface area contributed by atoms with Crippen LogP contribution < -0.4 is 5.73 Å². The van der Waals surface area contributed by atoms with Crippen molar-refractivity contribution >= 4 is 37.7 Å². The fourth-order valence-corrected chi connectivity index (χ4v) is 2.78. The third-order valence-corrected chi connectivity index (χ3v) is 3.50. The summed E-state index contributed by atoms with van der Waals surface area (Å²) in [5.41, 5.74) is 7.65. The molecule has 2 N–H and O–H groups in total. The van der Waals surface area contributed by atoms with Crippen LogP contribution in [0, 0.1) is 0 Å². The van der Waals surface area contributed by atoms with E-state index >= 15 is 0 Å². The van der Waals surface area contributed by atoms with Crippen LogP contribution >= 0.6 is 31.9 Å². The zero-order valence-electron chi connectivity index (χ0n) is 8.63. The Morgan fingerprint density at radius 1 is 1.38 bits per heavy atom. The van der Waals surface area contributed by atoms with Crippen molar-refractivity contribution in [2.24, 2.45) is 0 Å². The molecular formula is C11H10Br2N2O. The minimum atomic E-state index is 0.465. The topological polar surface area (TPSA) is 52.0 Å². The molecule has 0 spiro atoms. The lowest BCUT2D eigenvalue weighted by molar-refractivity contribution is 0.435. The molecular weight excluding hydrogens is 336 g/mol. The summed E-state index contributed by atoms with van der Waals surface area (Å²) in [6.45, 7) is 2.03. The summed E-state index contributed by atoms with van der Waals surface area (Å²) in [5, 5.41) is 3.80. The molecule has 84 valence electrons. The standard InChI is InChI=1S/C11H10Br2N2O/c1-2-7-10(16-15-11(7)14)8-4-3-6(12)5-9(8)13/h3-5H,2H2,1H3,(H2,14,15). The Hall–Kier alpha value is -0.810. The van der Waals surface area contributed by atoms with Crippen LogP contribution in [0.5, 0.6) is 0 Å². The number of benzene rings is 1. The molecule has 0 bridgehead atoms. The minimum Gasteiger partial charge on any atom is -0.381 e. The van der Waals surface area contributed by atoms with Gasteiger partial charge in [0.15, 0.2) is 11.6 Å². The van der Waals surface area contributed by atoms with E-state index < -0.39 is 0 Å². The predicted octanol–water partition coefficient (Wildman–Crippen LogP) is 4.01. The van der Waals surface area contributed by atoms with Gasteiger partial charge in [-0.3, -0.25) is 0 Å². The summed E-state index contributed by atoms with van der Waals surface area (Å²) in [4.78, 5) is 0. The Morgan fingerprint density at radius 3 is 2.75 bits per heavy atom. The van der Waals surface area contributed by atoms with Crippen molar-refractivity contribution in [3.8, 4) is 11.3 Å². The van der Waals surface area contributed by atoms with E-state index in [1.54, 1.807) is 0 Å². The van der Waals surface area contributed by atoms with Gasteiger partial charge in [0.05, 0.1) is 0 Å². The van der Waals surface area contributed by atoms with Gasteiger partial charge in [0.25, 0.3) is 0 Å². The second-order valence-electron chi connectivity index (χ2n) is 3.35. The van der Waals surface area contributed by atoms with Crippen LogP contribution in [-0.2, 0) is 6.42 Å². The van der Waals surface area contributed by atoms with Crippen molar-refractivity contribution in [3.63, 3.8) is 0 Å². The van der Waals surface area contributed by atoms with E-state index in [2.05, 4.69) is 37.0 Å². The largest absolute Gasteiger partial charge is 0.381 e. The number of aromatic nitrogens is 1. The number of hydrogen-bond donors (Lipinski definition) is 1. The quantitative estimate of drug-likeness (QED) is 0.894. The van der Waals surface area contributed by atoms with Crippen molar-refractivity contribution in [2.75, 3.05) is 5.73 Å². The van der Waals surface area contributed by atoms with Crippen molar-refractivity contribution in [1.29, 1.82) is 0 Å². The highest BCUT2D eigenvalue weighted by molar-refractivity contribution is 9.11. The Kier molecular flexibility index (Phi) is 3.35. The minimum absolute atomic E-state index is 0.465. The average Bonchev–Trinajstić information content (AvgIpc) is 2.59. The second kappa shape index (κ2) is 4.59. The zero-order chi connectivity index (χ0) is 11.7. The van der Waals surface area contributed by atoms with Gasteiger partial charge in [-0.2, -0.15) is 0 Å². The number of hydrogen-bond acceptors (Lipinski definition) is 3. The summed E-state index contributed by atoms with van der Waals surface area (Å²) in [5.74, 6) is 1.20. The van der Waals surface area contributed by atoms with E-state index in [0.717, 1.165) is 32.3 Å². The summed E-state index contributed by atoms with van der Waals surface area (Å²) in [7, 11) is 0. The van der Waals surface area contributed by atoms with Crippen molar-refractivity contribution in [3.05, 3.63) is 32.7 Å². The molecule has 0 atom stereocenters. The predicted molar refractivity (Wildman–Crippen MR) is 71.1 cm³/mol. The van der Waals surface area contributed by atoms with Gasteiger partial charge >= 0.3 is 0 Å². The summed E-state index contributed by atoms with van der Waals surface area (Å²) >= 11 is 6.91. The van der Waals surface area contributed by atoms with Gasteiger partial charge in [-0.05, 0) is 40.5 Å². The van der Waals surface area contributed by atoms with Crippen LogP contribution in [0.3, 0.4) is 0 Å². The van der Waals surface area contributed by atoms with Crippen LogP contribution in [0.15, 0.2) is 31.7 Å². The Morgan fingerprint density at radius 2 is 2.12 bits per heavy atom. The van der Waals surface area contributed by atoms with Gasteiger partial charge in [-0.1, -0.05) is 28.0 Å². The monoisotopic (exact) mass is 344 g/mol. The zero-order valence-corrected chi connectivity index (χ0v) is 11.8. The highest BCUT2D eigenvalue weighted by Crippen LogP contribution is 2.34. The Balaban J connectivity index is 2.58. The van der Waals surface area contributed by atoms with E-state index in [0.29, 0.717) is 5.82 Å². The lowest BCUT2D eigenvalue weighted by Crippen LogP contribution is -1.91. The van der Waals surface area contributed by atoms with Crippen molar-refractivity contribution < 1.29 is 4.52 Å². The first kappa shape index (κ1) is 11.7. The van der Waals surface area contributed by atoms with Crippen LogP contribution in [0.4, 0.5) is 5.82 Å². The van der Waals surface area contributed by atoms with Gasteiger partial charge in [0.2, 0.25) is 0 Å². The van der Waals surface area contributed by atoms with Crippen LogP contribution in [0.1, 0.15) is 12.5 Å². The fraction of sp³-hybridized carbons (Fsp3) is 0.182. The number of nitrogens with two attached hydrogens (primary N) is 1. The molecule has 2 rings (SSSR count). The third-order valence-electron chi connectivity index (χ3n) is 2.35. The van der Waals surface area contributed by atoms with Gasteiger partial charge in [-0.25, -0.2) is 0 Å². The third kappa shape index (κ3) is 2.01. The van der Waals surface area contributed by atoms with Gasteiger partial charge in [0.1, 0.15) is 0 Å². The number of nitrogens with zero attached hydrogens (tertiary/aromatic N) is 1. The van der Waals surface area contributed by atoms with Crippen LogP contribution in [-0.4, -0.2) is 5.16 Å². The second-order valence-corrected chi connectivity index (χ2v) is 5.12. The van der Waals surface area contributed by atoms with Gasteiger partial charge < -0.3 is 10.3 Å². The molecule has 0 amide bonds. The normalized spacial score (nSPS) is 10.7.